The molecule has 0 bridgehead atoms. The van der Waals surface area contributed by atoms with E-state index < -0.39 is 12.0 Å². The van der Waals surface area contributed by atoms with Crippen LogP contribution in [0, 0.1) is 13.8 Å². The zero-order chi connectivity index (χ0) is 21.7. The molecule has 2 amide bonds. The van der Waals surface area contributed by atoms with Crippen LogP contribution in [0.3, 0.4) is 0 Å². The molecule has 0 aliphatic carbocycles. The third-order valence-electron chi connectivity index (χ3n) is 5.51. The van der Waals surface area contributed by atoms with Crippen molar-refractivity contribution < 1.29 is 18.8 Å². The maximum atomic E-state index is 13.5. The number of aromatic nitrogens is 2. The second-order valence-corrected chi connectivity index (χ2v) is 8.63. The van der Waals surface area contributed by atoms with Gasteiger partial charge in [-0.3, -0.25) is 9.59 Å². The predicted octanol–water partition coefficient (Wildman–Crippen LogP) is 3.37. The zero-order valence-electron chi connectivity index (χ0n) is 17.0. The van der Waals surface area contributed by atoms with E-state index in [1.54, 1.807) is 17.9 Å². The average molecular weight is 436 g/mol. The summed E-state index contributed by atoms with van der Waals surface area (Å²) in [5.41, 5.74) is 8.58. The maximum absolute atomic E-state index is 13.5. The first kappa shape index (κ1) is 19.7. The topological polar surface area (TPSA) is 112 Å². The number of thiophene rings is 1. The van der Waals surface area contributed by atoms with Crippen LogP contribution >= 0.6 is 11.3 Å². The number of primary amides is 1. The van der Waals surface area contributed by atoms with Gasteiger partial charge in [-0.15, -0.1) is 11.3 Å². The number of nitrogens with zero attached hydrogens (tertiary/aromatic N) is 3. The Morgan fingerprint density at radius 2 is 2.06 bits per heavy atom. The SMILES string of the molecule is Cc1cc(C(=O)N2CCOC(c3c(C(N)=O)sc4ccccc34)C2)c2c(C)noc2n1. The standard InChI is InChI=1S/C22H20N4O4S/c1-11-9-14(17-12(2)25-30-21(17)24-11)22(28)26-7-8-29-15(10-26)18-13-5-3-4-6-16(13)31-19(18)20(23)27/h3-6,9,15H,7-8,10H2,1-2H3,(H2,23,27). The molecule has 1 aliphatic rings. The molecule has 3 aromatic heterocycles. The molecule has 1 atom stereocenters. The maximum Gasteiger partial charge on any atom is 0.259 e. The summed E-state index contributed by atoms with van der Waals surface area (Å²) in [7, 11) is 0. The first-order chi connectivity index (χ1) is 14.9. The molecule has 2 N–H and O–H groups in total. The van der Waals surface area contributed by atoms with Gasteiger partial charge in [0.25, 0.3) is 17.5 Å². The number of pyridine rings is 1. The molecule has 8 nitrogen and oxygen atoms in total. The monoisotopic (exact) mass is 436 g/mol. The number of nitrogens with two attached hydrogens (primary N) is 1. The van der Waals surface area contributed by atoms with Crippen molar-refractivity contribution in [1.29, 1.82) is 0 Å². The summed E-state index contributed by atoms with van der Waals surface area (Å²) in [5, 5.41) is 5.51. The molecule has 1 aliphatic heterocycles. The van der Waals surface area contributed by atoms with Gasteiger partial charge >= 0.3 is 0 Å². The van der Waals surface area contributed by atoms with Gasteiger partial charge in [0.05, 0.1) is 34.7 Å². The van der Waals surface area contributed by atoms with Crippen molar-refractivity contribution in [3.63, 3.8) is 0 Å². The van der Waals surface area contributed by atoms with E-state index in [1.165, 1.54) is 11.3 Å². The third-order valence-corrected chi connectivity index (χ3v) is 6.71. The van der Waals surface area contributed by atoms with Crippen molar-refractivity contribution in [3.8, 4) is 0 Å². The fraction of sp³-hybridized carbons (Fsp3) is 0.273. The van der Waals surface area contributed by atoms with Gasteiger partial charge in [-0.1, -0.05) is 23.4 Å². The minimum absolute atomic E-state index is 0.143. The van der Waals surface area contributed by atoms with Gasteiger partial charge in [-0.05, 0) is 31.4 Å². The van der Waals surface area contributed by atoms with Crippen LogP contribution in [0.25, 0.3) is 21.2 Å². The fourth-order valence-electron chi connectivity index (χ4n) is 4.13. The lowest BCUT2D eigenvalue weighted by atomic mass is 10.0. The van der Waals surface area contributed by atoms with Crippen LogP contribution in [0.15, 0.2) is 34.9 Å². The average Bonchev–Trinajstić information content (AvgIpc) is 3.33. The van der Waals surface area contributed by atoms with Crippen molar-refractivity contribution in [2.24, 2.45) is 5.73 Å². The van der Waals surface area contributed by atoms with E-state index in [4.69, 9.17) is 15.0 Å². The molecule has 4 heterocycles. The van der Waals surface area contributed by atoms with Gasteiger partial charge in [-0.2, -0.15) is 0 Å². The number of aryl methyl sites for hydroxylation is 2. The van der Waals surface area contributed by atoms with Gasteiger partial charge in [0.2, 0.25) is 0 Å². The lowest BCUT2D eigenvalue weighted by molar-refractivity contribution is -0.0221. The quantitative estimate of drug-likeness (QED) is 0.527. The minimum atomic E-state index is -0.491. The number of carbonyl (C=O) groups excluding carboxylic acids is 2. The number of morpholine rings is 1. The summed E-state index contributed by atoms with van der Waals surface area (Å²) >= 11 is 1.35. The lowest BCUT2D eigenvalue weighted by Crippen LogP contribution is -2.42. The molecule has 1 saturated heterocycles. The summed E-state index contributed by atoms with van der Waals surface area (Å²) in [5.74, 6) is -0.634. The lowest BCUT2D eigenvalue weighted by Gasteiger charge is -2.33. The Hall–Kier alpha value is -3.30. The fourth-order valence-corrected chi connectivity index (χ4v) is 5.24. The van der Waals surface area contributed by atoms with Gasteiger partial charge in [-0.25, -0.2) is 4.98 Å². The molecule has 9 heteroatoms. The largest absolute Gasteiger partial charge is 0.370 e. The highest BCUT2D eigenvalue weighted by molar-refractivity contribution is 7.21. The van der Waals surface area contributed by atoms with Crippen LogP contribution in [0.5, 0.6) is 0 Å². The molecule has 158 valence electrons. The summed E-state index contributed by atoms with van der Waals surface area (Å²) in [6.07, 6.45) is -0.446. The number of hydrogen-bond donors (Lipinski definition) is 1. The van der Waals surface area contributed by atoms with Crippen molar-refractivity contribution in [1.82, 2.24) is 15.0 Å². The number of ether oxygens (including phenoxy) is 1. The van der Waals surface area contributed by atoms with Crippen LogP contribution in [-0.4, -0.2) is 46.6 Å². The number of rotatable bonds is 3. The van der Waals surface area contributed by atoms with E-state index >= 15 is 0 Å². The van der Waals surface area contributed by atoms with Crippen LogP contribution in [0.4, 0.5) is 0 Å². The van der Waals surface area contributed by atoms with E-state index in [1.807, 2.05) is 31.2 Å². The third kappa shape index (κ3) is 3.26. The first-order valence-corrected chi connectivity index (χ1v) is 10.7. The normalized spacial score (nSPS) is 16.8. The van der Waals surface area contributed by atoms with Crippen molar-refractivity contribution in [3.05, 3.63) is 57.7 Å². The van der Waals surface area contributed by atoms with Crippen molar-refractivity contribution in [2.75, 3.05) is 19.7 Å². The zero-order valence-corrected chi connectivity index (χ0v) is 17.9. The number of benzene rings is 1. The van der Waals surface area contributed by atoms with E-state index in [2.05, 4.69) is 10.1 Å². The van der Waals surface area contributed by atoms with E-state index in [-0.39, 0.29) is 5.91 Å². The molecule has 1 aromatic carbocycles. The van der Waals surface area contributed by atoms with Crippen LogP contribution < -0.4 is 5.73 Å². The number of hydrogen-bond acceptors (Lipinski definition) is 7. The van der Waals surface area contributed by atoms with Crippen LogP contribution in [0.1, 0.15) is 43.1 Å². The number of carbonyl (C=O) groups is 2. The van der Waals surface area contributed by atoms with E-state index in [0.717, 1.165) is 15.6 Å². The second kappa shape index (κ2) is 7.44. The Labute approximate surface area is 181 Å². The molecule has 0 saturated carbocycles. The molecular weight excluding hydrogens is 416 g/mol. The number of fused-ring (bicyclic) bond motifs is 2. The highest BCUT2D eigenvalue weighted by Gasteiger charge is 2.32. The Kier molecular flexibility index (Phi) is 4.71. The summed E-state index contributed by atoms with van der Waals surface area (Å²) in [4.78, 5) is 32.2. The molecule has 1 unspecified atom stereocenters. The molecule has 1 fully saturated rings. The minimum Gasteiger partial charge on any atom is -0.370 e. The van der Waals surface area contributed by atoms with Crippen LogP contribution in [0.2, 0.25) is 0 Å². The number of amides is 2. The Morgan fingerprint density at radius 1 is 1.26 bits per heavy atom. The Balaban J connectivity index is 1.53. The van der Waals surface area contributed by atoms with Gasteiger partial charge < -0.3 is 19.9 Å². The molecule has 5 rings (SSSR count). The summed E-state index contributed by atoms with van der Waals surface area (Å²) in [6, 6.07) is 9.50. The molecule has 0 radical (unpaired) electrons. The Morgan fingerprint density at radius 3 is 2.87 bits per heavy atom. The summed E-state index contributed by atoms with van der Waals surface area (Å²) < 4.78 is 12.3. The molecule has 31 heavy (non-hydrogen) atoms. The van der Waals surface area contributed by atoms with Gasteiger partial charge in [0, 0.05) is 22.5 Å². The molecular formula is C22H20N4O4S. The first-order valence-electron chi connectivity index (χ1n) is 9.89. The molecule has 0 spiro atoms. The highest BCUT2D eigenvalue weighted by atomic mass is 32.1. The van der Waals surface area contributed by atoms with Gasteiger partial charge in [0.15, 0.2) is 0 Å². The predicted molar refractivity (Wildman–Crippen MR) is 116 cm³/mol. The van der Waals surface area contributed by atoms with Gasteiger partial charge in [0.1, 0.15) is 6.10 Å². The molecule has 4 aromatic rings. The van der Waals surface area contributed by atoms with E-state index in [9.17, 15) is 9.59 Å². The smallest absolute Gasteiger partial charge is 0.259 e. The van der Waals surface area contributed by atoms with E-state index in [0.29, 0.717) is 52.6 Å². The summed E-state index contributed by atoms with van der Waals surface area (Å²) in [6.45, 7) is 4.71. The second-order valence-electron chi connectivity index (χ2n) is 7.58. The Bertz CT molecular complexity index is 1340. The highest BCUT2D eigenvalue weighted by Crippen LogP contribution is 2.38. The van der Waals surface area contributed by atoms with Crippen molar-refractivity contribution in [2.45, 2.75) is 20.0 Å². The van der Waals surface area contributed by atoms with Crippen molar-refractivity contribution >= 4 is 44.3 Å². The van der Waals surface area contributed by atoms with Crippen LogP contribution in [-0.2, 0) is 4.74 Å².